The highest BCUT2D eigenvalue weighted by Gasteiger charge is 2.08. The molecule has 0 fully saturated rings. The summed E-state index contributed by atoms with van der Waals surface area (Å²) >= 11 is 0. The Kier molecular flexibility index (Phi) is 12.2. The van der Waals surface area contributed by atoms with Crippen LogP contribution in [-0.4, -0.2) is 12.3 Å². The van der Waals surface area contributed by atoms with E-state index in [2.05, 4.69) is 78.7 Å². The number of rotatable bonds is 5. The second-order valence-corrected chi connectivity index (χ2v) is 7.60. The molecule has 172 valence electrons. The molecule has 3 aromatic carbocycles. The van der Waals surface area contributed by atoms with Gasteiger partial charge >= 0.3 is 0 Å². The van der Waals surface area contributed by atoms with Gasteiger partial charge in [-0.3, -0.25) is 4.99 Å². The van der Waals surface area contributed by atoms with Crippen molar-refractivity contribution in [1.82, 2.24) is 0 Å². The summed E-state index contributed by atoms with van der Waals surface area (Å²) in [5.74, 6) is 0. The summed E-state index contributed by atoms with van der Waals surface area (Å²) in [5, 5.41) is 9.40. The molecule has 3 aromatic rings. The third kappa shape index (κ3) is 9.67. The van der Waals surface area contributed by atoms with Crippen molar-refractivity contribution in [1.29, 1.82) is 5.26 Å². The summed E-state index contributed by atoms with van der Waals surface area (Å²) in [5.41, 5.74) is 5.99. The van der Waals surface area contributed by atoms with Gasteiger partial charge in [-0.1, -0.05) is 135 Å². The first kappa shape index (κ1) is 26.3. The molecule has 4 rings (SSSR count). The van der Waals surface area contributed by atoms with E-state index in [1.165, 1.54) is 16.7 Å². The van der Waals surface area contributed by atoms with Crippen LogP contribution in [0.3, 0.4) is 0 Å². The molecular formula is C32H34N2. The van der Waals surface area contributed by atoms with E-state index in [9.17, 15) is 5.26 Å². The monoisotopic (exact) mass is 446 g/mol. The largest absolute Gasteiger partial charge is 0.274 e. The van der Waals surface area contributed by atoms with Gasteiger partial charge in [0.25, 0.3) is 0 Å². The molecule has 34 heavy (non-hydrogen) atoms. The number of nitrogens with zero attached hydrogens (tertiary/aromatic N) is 2. The lowest BCUT2D eigenvalue weighted by atomic mass is 10.0. The van der Waals surface area contributed by atoms with Gasteiger partial charge in [0.2, 0.25) is 0 Å². The Hall–Kier alpha value is -3.96. The summed E-state index contributed by atoms with van der Waals surface area (Å²) in [6, 6.07) is 32.4. The van der Waals surface area contributed by atoms with Gasteiger partial charge in [0.15, 0.2) is 0 Å². The van der Waals surface area contributed by atoms with Crippen LogP contribution in [0.4, 0.5) is 0 Å². The predicted molar refractivity (Wildman–Crippen MR) is 147 cm³/mol. The zero-order chi connectivity index (χ0) is 24.4. The molecule has 0 radical (unpaired) electrons. The molecule has 0 heterocycles. The van der Waals surface area contributed by atoms with E-state index in [0.29, 0.717) is 6.42 Å². The standard InChI is InChI=1S/C23H20N2.C7H8.C2H6/c24-17-23(25-18-20-8-3-1-4-9-20)16-19-10-7-13-22(15-14-19)21-11-5-2-6-12-21;1-7-5-3-2-4-6-7;1-2/h1-12,14-15,18,23H,13,16H2;2-6H,1H3;1-2H3. The van der Waals surface area contributed by atoms with Gasteiger partial charge in [-0.05, 0) is 35.6 Å². The van der Waals surface area contributed by atoms with Crippen LogP contribution in [0.5, 0.6) is 0 Å². The smallest absolute Gasteiger partial charge is 0.140 e. The van der Waals surface area contributed by atoms with Crippen LogP contribution in [0, 0.1) is 18.3 Å². The van der Waals surface area contributed by atoms with Gasteiger partial charge in [0, 0.05) is 12.6 Å². The van der Waals surface area contributed by atoms with Crippen molar-refractivity contribution in [2.75, 3.05) is 0 Å². The third-order valence-electron chi connectivity index (χ3n) is 5.03. The van der Waals surface area contributed by atoms with Crippen molar-refractivity contribution in [2.45, 2.75) is 39.7 Å². The van der Waals surface area contributed by atoms with Crippen molar-refractivity contribution in [3.8, 4) is 6.07 Å². The van der Waals surface area contributed by atoms with E-state index in [0.717, 1.165) is 17.6 Å². The SMILES string of the molecule is CC.Cc1ccccc1.N#CC(CC1=CC=C(c2ccccc2)CC=C1)N=Cc1ccccc1. The van der Waals surface area contributed by atoms with Crippen LogP contribution in [-0.2, 0) is 0 Å². The van der Waals surface area contributed by atoms with Gasteiger partial charge in [0.05, 0.1) is 6.07 Å². The lowest BCUT2D eigenvalue weighted by Crippen LogP contribution is -2.02. The second kappa shape index (κ2) is 15.8. The summed E-state index contributed by atoms with van der Waals surface area (Å²) in [7, 11) is 0. The maximum atomic E-state index is 9.40. The number of nitriles is 1. The topological polar surface area (TPSA) is 36.1 Å². The number of aryl methyl sites for hydroxylation is 1. The first-order valence-corrected chi connectivity index (χ1v) is 11.9. The maximum Gasteiger partial charge on any atom is 0.140 e. The predicted octanol–water partition coefficient (Wildman–Crippen LogP) is 8.38. The molecule has 0 spiro atoms. The van der Waals surface area contributed by atoms with E-state index >= 15 is 0 Å². The average Bonchev–Trinajstić information content (AvgIpc) is 3.15. The molecule has 0 N–H and O–H groups in total. The van der Waals surface area contributed by atoms with Crippen LogP contribution in [0.25, 0.3) is 5.57 Å². The first-order valence-electron chi connectivity index (χ1n) is 11.9. The fourth-order valence-corrected chi connectivity index (χ4v) is 3.28. The summed E-state index contributed by atoms with van der Waals surface area (Å²) < 4.78 is 0. The van der Waals surface area contributed by atoms with Crippen LogP contribution in [0.1, 0.15) is 43.4 Å². The maximum absolute atomic E-state index is 9.40. The molecule has 2 heteroatoms. The second-order valence-electron chi connectivity index (χ2n) is 7.60. The molecule has 0 saturated carbocycles. The Morgan fingerprint density at radius 2 is 1.44 bits per heavy atom. The van der Waals surface area contributed by atoms with Crippen LogP contribution >= 0.6 is 0 Å². The fourth-order valence-electron chi connectivity index (χ4n) is 3.28. The Balaban J connectivity index is 0.000000384. The Morgan fingerprint density at radius 3 is 2.00 bits per heavy atom. The quantitative estimate of drug-likeness (QED) is 0.363. The van der Waals surface area contributed by atoms with E-state index < -0.39 is 0 Å². The summed E-state index contributed by atoms with van der Waals surface area (Å²) in [6.07, 6.45) is 11.8. The zero-order valence-electron chi connectivity index (χ0n) is 20.4. The molecule has 0 aromatic heterocycles. The molecule has 1 aliphatic carbocycles. The Bertz CT molecular complexity index is 1120. The summed E-state index contributed by atoms with van der Waals surface area (Å²) in [4.78, 5) is 4.43. The number of aliphatic imine (C=N–C) groups is 1. The average molecular weight is 447 g/mol. The fraction of sp³-hybridized carbons (Fsp3) is 0.188. The number of hydrogen-bond donors (Lipinski definition) is 0. The molecule has 0 amide bonds. The minimum atomic E-state index is -0.372. The van der Waals surface area contributed by atoms with Crippen molar-refractivity contribution in [3.63, 3.8) is 0 Å². The van der Waals surface area contributed by atoms with Crippen molar-refractivity contribution in [3.05, 3.63) is 138 Å². The van der Waals surface area contributed by atoms with E-state index in [1.54, 1.807) is 6.21 Å². The van der Waals surface area contributed by atoms with Gasteiger partial charge in [-0.2, -0.15) is 5.26 Å². The zero-order valence-corrected chi connectivity index (χ0v) is 20.4. The molecular weight excluding hydrogens is 412 g/mol. The van der Waals surface area contributed by atoms with Crippen molar-refractivity contribution >= 4 is 11.8 Å². The van der Waals surface area contributed by atoms with E-state index in [1.807, 2.05) is 68.4 Å². The van der Waals surface area contributed by atoms with E-state index in [4.69, 9.17) is 0 Å². The van der Waals surface area contributed by atoms with Crippen LogP contribution in [0.15, 0.2) is 126 Å². The molecule has 0 saturated heterocycles. The van der Waals surface area contributed by atoms with Crippen molar-refractivity contribution < 1.29 is 0 Å². The van der Waals surface area contributed by atoms with Gasteiger partial charge < -0.3 is 0 Å². The molecule has 1 atom stereocenters. The van der Waals surface area contributed by atoms with Crippen molar-refractivity contribution in [2.24, 2.45) is 4.99 Å². The van der Waals surface area contributed by atoms with E-state index in [-0.39, 0.29) is 6.04 Å². The number of benzene rings is 3. The lowest BCUT2D eigenvalue weighted by Gasteiger charge is -2.04. The normalized spacial score (nSPS) is 13.1. The molecule has 1 unspecified atom stereocenters. The Morgan fingerprint density at radius 1 is 0.853 bits per heavy atom. The molecule has 0 bridgehead atoms. The number of hydrogen-bond acceptors (Lipinski definition) is 2. The van der Waals surface area contributed by atoms with Gasteiger partial charge in [-0.25, -0.2) is 0 Å². The minimum Gasteiger partial charge on any atom is -0.274 e. The van der Waals surface area contributed by atoms with Crippen LogP contribution in [0.2, 0.25) is 0 Å². The van der Waals surface area contributed by atoms with Crippen LogP contribution < -0.4 is 0 Å². The van der Waals surface area contributed by atoms with Gasteiger partial charge in [-0.15, -0.1) is 0 Å². The molecule has 2 nitrogen and oxygen atoms in total. The van der Waals surface area contributed by atoms with Gasteiger partial charge in [0.1, 0.15) is 6.04 Å². The first-order chi connectivity index (χ1) is 16.7. The third-order valence-corrected chi connectivity index (χ3v) is 5.03. The Labute approximate surface area is 205 Å². The lowest BCUT2D eigenvalue weighted by molar-refractivity contribution is 0.832. The molecule has 0 aliphatic heterocycles. The number of allylic oxidation sites excluding steroid dienone is 5. The highest BCUT2D eigenvalue weighted by Crippen LogP contribution is 2.23. The summed E-state index contributed by atoms with van der Waals surface area (Å²) in [6.45, 7) is 6.08. The molecule has 1 aliphatic rings. The highest BCUT2D eigenvalue weighted by molar-refractivity contribution is 5.79. The highest BCUT2D eigenvalue weighted by atomic mass is 14.8. The minimum absolute atomic E-state index is 0.372.